The fourth-order valence-electron chi connectivity index (χ4n) is 2.34. The Morgan fingerprint density at radius 2 is 2.38 bits per heavy atom. The van der Waals surface area contributed by atoms with E-state index in [9.17, 15) is 0 Å². The van der Waals surface area contributed by atoms with Crippen LogP contribution in [0.5, 0.6) is 0 Å². The Balaban J connectivity index is 2.28. The summed E-state index contributed by atoms with van der Waals surface area (Å²) in [6.07, 6.45) is 2.46. The van der Waals surface area contributed by atoms with E-state index in [0.29, 0.717) is 0 Å². The molecule has 2 unspecified atom stereocenters. The van der Waals surface area contributed by atoms with Crippen molar-refractivity contribution in [1.82, 2.24) is 5.43 Å². The molecule has 2 atom stereocenters. The van der Waals surface area contributed by atoms with E-state index in [-0.39, 0.29) is 10.8 Å². The summed E-state index contributed by atoms with van der Waals surface area (Å²) >= 11 is 8.02. The maximum atomic E-state index is 6.02. The van der Waals surface area contributed by atoms with E-state index in [2.05, 4.69) is 18.4 Å². The molecule has 0 radical (unpaired) electrons. The number of hydrogen-bond acceptors (Lipinski definition) is 3. The third kappa shape index (κ3) is 2.38. The first-order valence-corrected chi connectivity index (χ1v) is 6.87. The lowest BCUT2D eigenvalue weighted by Crippen LogP contribution is -2.41. The van der Waals surface area contributed by atoms with Gasteiger partial charge in [0.05, 0.1) is 6.04 Å². The fourth-order valence-corrected chi connectivity index (χ4v) is 3.95. The van der Waals surface area contributed by atoms with Crippen LogP contribution >= 0.6 is 23.4 Å². The van der Waals surface area contributed by atoms with Gasteiger partial charge in [0.15, 0.2) is 0 Å². The SMILES string of the molecule is CC1(C(NN)c2cccc(Cl)c2)CCCS1. The Labute approximate surface area is 106 Å². The molecular weight excluding hydrogens is 240 g/mol. The number of thioether (sulfide) groups is 1. The molecule has 2 nitrogen and oxygen atoms in total. The second-order valence-corrected chi connectivity index (χ2v) is 6.49. The molecule has 1 aromatic carbocycles. The highest BCUT2D eigenvalue weighted by atomic mass is 35.5. The molecule has 4 heteroatoms. The van der Waals surface area contributed by atoms with Crippen LogP contribution in [0.2, 0.25) is 5.02 Å². The summed E-state index contributed by atoms with van der Waals surface area (Å²) in [5, 5.41) is 0.768. The standard InChI is InChI=1S/C12H17ClN2S/c1-12(6-3-7-16-12)11(15-14)9-4-2-5-10(13)8-9/h2,4-5,8,11,15H,3,6-7,14H2,1H3. The highest BCUT2D eigenvalue weighted by molar-refractivity contribution is 8.00. The second kappa shape index (κ2) is 4.96. The van der Waals surface area contributed by atoms with Crippen molar-refractivity contribution in [1.29, 1.82) is 0 Å². The molecule has 1 aliphatic heterocycles. The van der Waals surface area contributed by atoms with Crippen molar-refractivity contribution in [3.8, 4) is 0 Å². The summed E-state index contributed by atoms with van der Waals surface area (Å²) in [7, 11) is 0. The molecule has 0 aliphatic carbocycles. The van der Waals surface area contributed by atoms with E-state index < -0.39 is 0 Å². The van der Waals surface area contributed by atoms with Gasteiger partial charge in [0.25, 0.3) is 0 Å². The molecule has 16 heavy (non-hydrogen) atoms. The largest absolute Gasteiger partial charge is 0.271 e. The third-order valence-electron chi connectivity index (χ3n) is 3.21. The number of halogens is 1. The van der Waals surface area contributed by atoms with Gasteiger partial charge < -0.3 is 0 Å². The van der Waals surface area contributed by atoms with Crippen molar-refractivity contribution in [2.75, 3.05) is 5.75 Å². The summed E-state index contributed by atoms with van der Waals surface area (Å²) in [5.41, 5.74) is 4.12. The van der Waals surface area contributed by atoms with Crippen LogP contribution in [0.25, 0.3) is 0 Å². The lowest BCUT2D eigenvalue weighted by atomic mass is 9.91. The summed E-state index contributed by atoms with van der Waals surface area (Å²) in [6, 6.07) is 8.11. The summed E-state index contributed by atoms with van der Waals surface area (Å²) < 4.78 is 0.180. The van der Waals surface area contributed by atoms with Gasteiger partial charge in [-0.3, -0.25) is 11.3 Å². The molecule has 3 N–H and O–H groups in total. The number of nitrogens with two attached hydrogens (primary N) is 1. The maximum Gasteiger partial charge on any atom is 0.0604 e. The monoisotopic (exact) mass is 256 g/mol. The second-order valence-electron chi connectivity index (χ2n) is 4.42. The minimum absolute atomic E-state index is 0.165. The van der Waals surface area contributed by atoms with E-state index in [1.165, 1.54) is 24.2 Å². The molecule has 1 aliphatic rings. The molecule has 0 saturated carbocycles. The molecule has 2 rings (SSSR count). The van der Waals surface area contributed by atoms with Crippen LogP contribution in [-0.2, 0) is 0 Å². The van der Waals surface area contributed by atoms with E-state index in [1.807, 2.05) is 30.0 Å². The molecule has 0 aromatic heterocycles. The molecule has 0 spiro atoms. The Hall–Kier alpha value is -0.220. The zero-order valence-electron chi connectivity index (χ0n) is 9.37. The fraction of sp³-hybridized carbons (Fsp3) is 0.500. The minimum atomic E-state index is 0.165. The van der Waals surface area contributed by atoms with Gasteiger partial charge in [-0.15, -0.1) is 0 Å². The van der Waals surface area contributed by atoms with Gasteiger partial charge in [0, 0.05) is 9.77 Å². The highest BCUT2D eigenvalue weighted by Gasteiger charge is 2.38. The van der Waals surface area contributed by atoms with Crippen LogP contribution in [0.1, 0.15) is 31.4 Å². The zero-order valence-corrected chi connectivity index (χ0v) is 10.9. The van der Waals surface area contributed by atoms with Crippen molar-refractivity contribution in [3.05, 3.63) is 34.9 Å². The molecule has 1 fully saturated rings. The normalized spacial score (nSPS) is 26.9. The topological polar surface area (TPSA) is 38.0 Å². The van der Waals surface area contributed by atoms with Crippen molar-refractivity contribution in [2.45, 2.75) is 30.6 Å². The molecule has 0 amide bonds. The first-order valence-electron chi connectivity index (χ1n) is 5.51. The Morgan fingerprint density at radius 1 is 1.56 bits per heavy atom. The number of rotatable bonds is 3. The van der Waals surface area contributed by atoms with E-state index in [1.54, 1.807) is 0 Å². The maximum absolute atomic E-state index is 6.02. The van der Waals surface area contributed by atoms with Crippen LogP contribution in [-0.4, -0.2) is 10.5 Å². The van der Waals surface area contributed by atoms with E-state index >= 15 is 0 Å². The quantitative estimate of drug-likeness (QED) is 0.645. The van der Waals surface area contributed by atoms with Gasteiger partial charge in [0.2, 0.25) is 0 Å². The van der Waals surface area contributed by atoms with Gasteiger partial charge in [-0.05, 0) is 43.2 Å². The summed E-state index contributed by atoms with van der Waals surface area (Å²) in [4.78, 5) is 0. The number of benzene rings is 1. The summed E-state index contributed by atoms with van der Waals surface area (Å²) in [5.74, 6) is 6.93. The highest BCUT2D eigenvalue weighted by Crippen LogP contribution is 2.46. The predicted octanol–water partition coefficient (Wildman–Crippen LogP) is 3.13. The van der Waals surface area contributed by atoms with Crippen LogP contribution in [0.15, 0.2) is 24.3 Å². The van der Waals surface area contributed by atoms with Crippen molar-refractivity contribution < 1.29 is 0 Å². The van der Waals surface area contributed by atoms with Gasteiger partial charge in [-0.25, -0.2) is 0 Å². The van der Waals surface area contributed by atoms with E-state index in [4.69, 9.17) is 17.4 Å². The van der Waals surface area contributed by atoms with Crippen molar-refractivity contribution >= 4 is 23.4 Å². The molecular formula is C12H17ClN2S. The average Bonchev–Trinajstić information content (AvgIpc) is 2.67. The average molecular weight is 257 g/mol. The smallest absolute Gasteiger partial charge is 0.0604 e. The van der Waals surface area contributed by atoms with Crippen LogP contribution in [0.3, 0.4) is 0 Å². The van der Waals surface area contributed by atoms with Crippen LogP contribution in [0, 0.1) is 0 Å². The minimum Gasteiger partial charge on any atom is -0.271 e. The molecule has 1 aromatic rings. The van der Waals surface area contributed by atoms with Gasteiger partial charge >= 0.3 is 0 Å². The molecule has 88 valence electrons. The van der Waals surface area contributed by atoms with Crippen LogP contribution < -0.4 is 11.3 Å². The lowest BCUT2D eigenvalue weighted by Gasteiger charge is -2.33. The lowest BCUT2D eigenvalue weighted by molar-refractivity contribution is 0.421. The van der Waals surface area contributed by atoms with Crippen LogP contribution in [0.4, 0.5) is 0 Å². The van der Waals surface area contributed by atoms with Gasteiger partial charge in [-0.1, -0.05) is 23.7 Å². The molecule has 0 bridgehead atoms. The van der Waals surface area contributed by atoms with Gasteiger partial charge in [-0.2, -0.15) is 11.8 Å². The van der Waals surface area contributed by atoms with Crippen molar-refractivity contribution in [3.63, 3.8) is 0 Å². The number of hydrazine groups is 1. The number of hydrogen-bond donors (Lipinski definition) is 2. The first-order chi connectivity index (χ1) is 7.65. The van der Waals surface area contributed by atoms with E-state index in [0.717, 1.165) is 5.02 Å². The predicted molar refractivity (Wildman–Crippen MR) is 71.6 cm³/mol. The molecule has 1 saturated heterocycles. The Kier molecular flexibility index (Phi) is 3.80. The Bertz CT molecular complexity index is 364. The summed E-state index contributed by atoms with van der Waals surface area (Å²) in [6.45, 7) is 2.27. The zero-order chi connectivity index (χ0) is 11.6. The first kappa shape index (κ1) is 12.2. The van der Waals surface area contributed by atoms with Crippen molar-refractivity contribution in [2.24, 2.45) is 5.84 Å². The number of nitrogens with one attached hydrogen (secondary N) is 1. The third-order valence-corrected chi connectivity index (χ3v) is 5.04. The Morgan fingerprint density at radius 3 is 2.94 bits per heavy atom. The molecule has 1 heterocycles. The van der Waals surface area contributed by atoms with Gasteiger partial charge in [0.1, 0.15) is 0 Å².